The maximum absolute atomic E-state index is 13.0. The van der Waals surface area contributed by atoms with E-state index in [1.165, 1.54) is 0 Å². The van der Waals surface area contributed by atoms with Gasteiger partial charge in [-0.15, -0.1) is 0 Å². The molecule has 0 fully saturated rings. The third-order valence-corrected chi connectivity index (χ3v) is 7.33. The normalized spacial score (nSPS) is 11.8. The summed E-state index contributed by atoms with van der Waals surface area (Å²) in [6.45, 7) is 6.38. The number of benzene rings is 3. The lowest BCUT2D eigenvalue weighted by Gasteiger charge is -2.23. The van der Waals surface area contributed by atoms with Gasteiger partial charge in [-0.3, -0.25) is 4.72 Å². The van der Waals surface area contributed by atoms with Crippen molar-refractivity contribution < 1.29 is 18.3 Å². The molecule has 6 heteroatoms. The van der Waals surface area contributed by atoms with Crippen molar-refractivity contribution in [1.82, 2.24) is 0 Å². The average molecular weight is 452 g/mol. The molecule has 0 saturated heterocycles. The Bertz CT molecular complexity index is 1200. The van der Waals surface area contributed by atoms with Crippen molar-refractivity contribution in [3.8, 4) is 0 Å². The minimum absolute atomic E-state index is 0.0136. The molecule has 0 aliphatic heterocycles. The molecule has 0 saturated carbocycles. The van der Waals surface area contributed by atoms with Gasteiger partial charge in [0.1, 0.15) is 0 Å². The minimum atomic E-state index is -3.73. The van der Waals surface area contributed by atoms with Gasteiger partial charge in [0.25, 0.3) is 10.0 Å². The molecule has 0 amide bonds. The molecular weight excluding hydrogens is 422 g/mol. The molecule has 32 heavy (non-hydrogen) atoms. The number of carboxylic acid groups (broad SMARTS) is 1. The van der Waals surface area contributed by atoms with Gasteiger partial charge in [0.2, 0.25) is 0 Å². The second-order valence-electron chi connectivity index (χ2n) is 8.53. The number of rotatable bonds is 9. The highest BCUT2D eigenvalue weighted by Gasteiger charge is 2.20. The smallest absolute Gasteiger partial charge is 0.335 e. The summed E-state index contributed by atoms with van der Waals surface area (Å²) in [6, 6.07) is 21.1. The number of nitrogens with one attached hydrogen (secondary N) is 1. The second-order valence-corrected chi connectivity index (χ2v) is 10.2. The van der Waals surface area contributed by atoms with Crippen LogP contribution in [-0.4, -0.2) is 19.5 Å². The van der Waals surface area contributed by atoms with E-state index in [0.717, 1.165) is 23.1 Å². The third-order valence-electron chi connectivity index (χ3n) is 5.95. The summed E-state index contributed by atoms with van der Waals surface area (Å²) in [5, 5.41) is 9.17. The Hall–Kier alpha value is -3.12. The quantitative estimate of drug-likeness (QED) is 0.440. The molecule has 2 N–H and O–H groups in total. The van der Waals surface area contributed by atoms with Crippen molar-refractivity contribution in [2.45, 2.75) is 50.3 Å². The predicted octanol–water partition coefficient (Wildman–Crippen LogP) is 5.66. The number of sulfonamides is 1. The summed E-state index contributed by atoms with van der Waals surface area (Å²) in [4.78, 5) is 11.4. The maximum atomic E-state index is 13.0. The van der Waals surface area contributed by atoms with Crippen molar-refractivity contribution in [1.29, 1.82) is 0 Å². The fourth-order valence-corrected chi connectivity index (χ4v) is 4.57. The lowest BCUT2D eigenvalue weighted by molar-refractivity contribution is 0.0696. The van der Waals surface area contributed by atoms with Crippen molar-refractivity contribution in [2.24, 2.45) is 0 Å². The average Bonchev–Trinajstić information content (AvgIpc) is 2.78. The van der Waals surface area contributed by atoms with E-state index < -0.39 is 16.0 Å². The maximum Gasteiger partial charge on any atom is 0.335 e. The standard InChI is InChI=1S/C26H29NO4S/c1-4-26(2,3)22-14-16-23(17-15-22)32(30,31)27-24-11-6-5-9-20(24)13-12-19-8-7-10-21(18-19)25(28)29/h5-11,14-18,27H,4,12-13H2,1-3H3,(H,28,29). The van der Waals surface area contributed by atoms with Crippen LogP contribution in [-0.2, 0) is 28.3 Å². The lowest BCUT2D eigenvalue weighted by atomic mass is 9.82. The fourth-order valence-electron chi connectivity index (χ4n) is 3.47. The molecule has 0 radical (unpaired) electrons. The van der Waals surface area contributed by atoms with Crippen LogP contribution in [0.3, 0.4) is 0 Å². The molecule has 0 bridgehead atoms. The zero-order valence-electron chi connectivity index (χ0n) is 18.6. The number of para-hydroxylation sites is 1. The molecule has 3 aromatic rings. The van der Waals surface area contributed by atoms with E-state index in [9.17, 15) is 18.3 Å². The Morgan fingerprint density at radius 1 is 0.938 bits per heavy atom. The largest absolute Gasteiger partial charge is 0.478 e. The summed E-state index contributed by atoms with van der Waals surface area (Å²) in [6.07, 6.45) is 2.13. The highest BCUT2D eigenvalue weighted by Crippen LogP contribution is 2.28. The van der Waals surface area contributed by atoms with Gasteiger partial charge >= 0.3 is 5.97 Å². The van der Waals surface area contributed by atoms with Gasteiger partial charge < -0.3 is 5.11 Å². The Labute approximate surface area is 190 Å². The van der Waals surface area contributed by atoms with E-state index in [1.54, 1.807) is 42.5 Å². The molecule has 0 heterocycles. The monoisotopic (exact) mass is 451 g/mol. The van der Waals surface area contributed by atoms with E-state index in [4.69, 9.17) is 0 Å². The van der Waals surface area contributed by atoms with Crippen molar-refractivity contribution in [2.75, 3.05) is 4.72 Å². The Morgan fingerprint density at radius 3 is 2.28 bits per heavy atom. The molecule has 168 valence electrons. The van der Waals surface area contributed by atoms with Gasteiger partial charge in [-0.1, -0.05) is 63.2 Å². The summed E-state index contributed by atoms with van der Waals surface area (Å²) in [7, 11) is -3.73. The fraction of sp³-hybridized carbons (Fsp3) is 0.269. The number of carbonyl (C=O) groups is 1. The van der Waals surface area contributed by atoms with E-state index in [1.807, 2.05) is 30.3 Å². The molecular formula is C26H29NO4S. The van der Waals surface area contributed by atoms with Gasteiger partial charge in [0.05, 0.1) is 16.1 Å². The summed E-state index contributed by atoms with van der Waals surface area (Å²) >= 11 is 0. The highest BCUT2D eigenvalue weighted by molar-refractivity contribution is 7.92. The van der Waals surface area contributed by atoms with E-state index in [0.29, 0.717) is 18.5 Å². The topological polar surface area (TPSA) is 83.5 Å². The third kappa shape index (κ3) is 5.56. The first-order valence-corrected chi connectivity index (χ1v) is 12.1. The van der Waals surface area contributed by atoms with Gasteiger partial charge in [0, 0.05) is 0 Å². The molecule has 0 atom stereocenters. The van der Waals surface area contributed by atoms with Crippen LogP contribution in [0.1, 0.15) is 54.2 Å². The Balaban J connectivity index is 1.78. The number of carboxylic acids is 1. The molecule has 5 nitrogen and oxygen atoms in total. The van der Waals surface area contributed by atoms with E-state index >= 15 is 0 Å². The predicted molar refractivity (Wildman–Crippen MR) is 128 cm³/mol. The zero-order valence-corrected chi connectivity index (χ0v) is 19.4. The zero-order chi connectivity index (χ0) is 23.4. The Kier molecular flexibility index (Phi) is 7.04. The molecule has 0 aliphatic rings. The van der Waals surface area contributed by atoms with Crippen molar-refractivity contribution >= 4 is 21.7 Å². The summed E-state index contributed by atoms with van der Waals surface area (Å²) in [5.74, 6) is -0.964. The van der Waals surface area contributed by atoms with Crippen LogP contribution < -0.4 is 4.72 Å². The minimum Gasteiger partial charge on any atom is -0.478 e. The summed E-state index contributed by atoms with van der Waals surface area (Å²) in [5.41, 5.74) is 3.59. The first-order valence-electron chi connectivity index (χ1n) is 10.7. The van der Waals surface area contributed by atoms with Crippen molar-refractivity contribution in [3.05, 3.63) is 95.1 Å². The van der Waals surface area contributed by atoms with Crippen LogP contribution >= 0.6 is 0 Å². The van der Waals surface area contributed by atoms with Crippen LogP contribution in [0.4, 0.5) is 5.69 Å². The van der Waals surface area contributed by atoms with Crippen LogP contribution in [0.15, 0.2) is 77.7 Å². The van der Waals surface area contributed by atoms with Gasteiger partial charge in [0.15, 0.2) is 0 Å². The number of hydrogen-bond acceptors (Lipinski definition) is 3. The molecule has 3 rings (SSSR count). The SMILES string of the molecule is CCC(C)(C)c1ccc(S(=O)(=O)Nc2ccccc2CCc2cccc(C(=O)O)c2)cc1. The summed E-state index contributed by atoms with van der Waals surface area (Å²) < 4.78 is 28.7. The molecule has 3 aromatic carbocycles. The number of aromatic carboxylic acids is 1. The molecule has 0 unspecified atom stereocenters. The molecule has 0 aliphatic carbocycles. The van der Waals surface area contributed by atoms with Crippen molar-refractivity contribution in [3.63, 3.8) is 0 Å². The first-order chi connectivity index (χ1) is 15.1. The number of anilines is 1. The van der Waals surface area contributed by atoms with Gasteiger partial charge in [-0.25, -0.2) is 13.2 Å². The first kappa shape index (κ1) is 23.5. The van der Waals surface area contributed by atoms with Crippen LogP contribution in [0.25, 0.3) is 0 Å². The molecule has 0 spiro atoms. The van der Waals surface area contributed by atoms with E-state index in [-0.39, 0.29) is 15.9 Å². The Morgan fingerprint density at radius 2 is 1.62 bits per heavy atom. The van der Waals surface area contributed by atoms with Gasteiger partial charge in [-0.2, -0.15) is 0 Å². The molecule has 0 aromatic heterocycles. The highest BCUT2D eigenvalue weighted by atomic mass is 32.2. The van der Waals surface area contributed by atoms with Gasteiger partial charge in [-0.05, 0) is 71.7 Å². The lowest BCUT2D eigenvalue weighted by Crippen LogP contribution is -2.17. The number of hydrogen-bond donors (Lipinski definition) is 2. The number of aryl methyl sites for hydroxylation is 2. The van der Waals surface area contributed by atoms with Crippen LogP contribution in [0, 0.1) is 0 Å². The van der Waals surface area contributed by atoms with Crippen LogP contribution in [0.2, 0.25) is 0 Å². The van der Waals surface area contributed by atoms with Crippen LogP contribution in [0.5, 0.6) is 0 Å². The second kappa shape index (κ2) is 9.57. The van der Waals surface area contributed by atoms with E-state index in [2.05, 4.69) is 25.5 Å².